The Bertz CT molecular complexity index is 712. The Balaban J connectivity index is 1.51. The van der Waals surface area contributed by atoms with Gasteiger partial charge in [0.15, 0.2) is 11.5 Å². The molecule has 0 saturated carbocycles. The fourth-order valence-corrected chi connectivity index (χ4v) is 3.04. The molecule has 4 heteroatoms. The second kappa shape index (κ2) is 5.37. The molecule has 4 nitrogen and oxygen atoms in total. The second-order valence-corrected chi connectivity index (χ2v) is 5.70. The molecule has 0 fully saturated rings. The summed E-state index contributed by atoms with van der Waals surface area (Å²) >= 11 is 0. The van der Waals surface area contributed by atoms with E-state index < -0.39 is 0 Å². The van der Waals surface area contributed by atoms with Gasteiger partial charge >= 0.3 is 0 Å². The van der Waals surface area contributed by atoms with Crippen LogP contribution < -0.4 is 9.47 Å². The molecular formula is C18H17NO3. The Morgan fingerprint density at radius 3 is 2.55 bits per heavy atom. The predicted octanol–water partition coefficient (Wildman–Crippen LogP) is 2.54. The lowest BCUT2D eigenvalue weighted by Gasteiger charge is -2.29. The molecule has 0 unspecified atom stereocenters. The van der Waals surface area contributed by atoms with Crippen molar-refractivity contribution in [3.8, 4) is 11.5 Å². The van der Waals surface area contributed by atoms with E-state index in [0.717, 1.165) is 35.6 Å². The molecule has 0 aliphatic carbocycles. The van der Waals surface area contributed by atoms with Crippen molar-refractivity contribution in [1.29, 1.82) is 0 Å². The molecule has 0 saturated heterocycles. The van der Waals surface area contributed by atoms with Crippen molar-refractivity contribution in [2.75, 3.05) is 13.3 Å². The number of hydrogen-bond acceptors (Lipinski definition) is 3. The van der Waals surface area contributed by atoms with Gasteiger partial charge in [-0.15, -0.1) is 0 Å². The molecule has 22 heavy (non-hydrogen) atoms. The van der Waals surface area contributed by atoms with Crippen LogP contribution >= 0.6 is 0 Å². The first-order valence-corrected chi connectivity index (χ1v) is 7.53. The first-order valence-electron chi connectivity index (χ1n) is 7.53. The lowest BCUT2D eigenvalue weighted by Crippen LogP contribution is -2.36. The number of ether oxygens (including phenoxy) is 2. The largest absolute Gasteiger partial charge is 0.454 e. The minimum absolute atomic E-state index is 0.175. The van der Waals surface area contributed by atoms with E-state index in [-0.39, 0.29) is 12.7 Å². The van der Waals surface area contributed by atoms with Crippen molar-refractivity contribution >= 4 is 5.91 Å². The van der Waals surface area contributed by atoms with Gasteiger partial charge in [0, 0.05) is 13.1 Å². The molecule has 1 amide bonds. The molecule has 2 aliphatic rings. The summed E-state index contributed by atoms with van der Waals surface area (Å²) in [4.78, 5) is 14.4. The number of rotatable bonds is 2. The maximum Gasteiger partial charge on any atom is 0.231 e. The van der Waals surface area contributed by atoms with Crippen molar-refractivity contribution in [2.24, 2.45) is 0 Å². The Morgan fingerprint density at radius 2 is 1.77 bits per heavy atom. The van der Waals surface area contributed by atoms with Gasteiger partial charge in [-0.05, 0) is 35.2 Å². The van der Waals surface area contributed by atoms with Crippen LogP contribution in [0.1, 0.15) is 16.7 Å². The van der Waals surface area contributed by atoms with Gasteiger partial charge < -0.3 is 14.4 Å². The highest BCUT2D eigenvalue weighted by Gasteiger charge is 2.24. The van der Waals surface area contributed by atoms with Gasteiger partial charge in [0.2, 0.25) is 12.7 Å². The zero-order valence-corrected chi connectivity index (χ0v) is 12.2. The summed E-state index contributed by atoms with van der Waals surface area (Å²) < 4.78 is 10.8. The third-order valence-electron chi connectivity index (χ3n) is 4.26. The normalized spacial score (nSPS) is 15.5. The Kier molecular flexibility index (Phi) is 3.22. The van der Waals surface area contributed by atoms with Gasteiger partial charge in [-0.3, -0.25) is 4.79 Å². The van der Waals surface area contributed by atoms with E-state index in [4.69, 9.17) is 9.47 Å². The van der Waals surface area contributed by atoms with Gasteiger partial charge in [0.1, 0.15) is 0 Å². The summed E-state index contributed by atoms with van der Waals surface area (Å²) in [6, 6.07) is 14.0. The highest BCUT2D eigenvalue weighted by molar-refractivity contribution is 5.79. The summed E-state index contributed by atoms with van der Waals surface area (Å²) in [7, 11) is 0. The number of carbonyl (C=O) groups is 1. The predicted molar refractivity (Wildman–Crippen MR) is 81.8 cm³/mol. The van der Waals surface area contributed by atoms with Crippen LogP contribution in [-0.2, 0) is 24.2 Å². The van der Waals surface area contributed by atoms with Gasteiger partial charge in [-0.25, -0.2) is 0 Å². The molecule has 0 atom stereocenters. The summed E-state index contributed by atoms with van der Waals surface area (Å²) in [6.45, 7) is 1.70. The van der Waals surface area contributed by atoms with E-state index in [9.17, 15) is 4.79 Å². The van der Waals surface area contributed by atoms with Crippen LogP contribution in [0.2, 0.25) is 0 Å². The molecule has 112 valence electrons. The van der Waals surface area contributed by atoms with E-state index in [0.29, 0.717) is 13.0 Å². The number of fused-ring (bicyclic) bond motifs is 2. The maximum absolute atomic E-state index is 12.5. The quantitative estimate of drug-likeness (QED) is 0.854. The van der Waals surface area contributed by atoms with Crippen LogP contribution in [0.15, 0.2) is 42.5 Å². The molecule has 0 N–H and O–H groups in total. The minimum atomic E-state index is 0.175. The zero-order chi connectivity index (χ0) is 14.9. The smallest absolute Gasteiger partial charge is 0.231 e. The molecule has 0 aromatic heterocycles. The zero-order valence-electron chi connectivity index (χ0n) is 12.2. The van der Waals surface area contributed by atoms with E-state index in [2.05, 4.69) is 6.07 Å². The molecule has 4 rings (SSSR count). The van der Waals surface area contributed by atoms with Crippen LogP contribution in [0.4, 0.5) is 0 Å². The van der Waals surface area contributed by atoms with E-state index in [1.54, 1.807) is 0 Å². The van der Waals surface area contributed by atoms with Crippen LogP contribution in [0, 0.1) is 0 Å². The Morgan fingerprint density at radius 1 is 1.05 bits per heavy atom. The minimum Gasteiger partial charge on any atom is -0.454 e. The standard InChI is InChI=1S/C18H17NO3/c20-18(8-13-4-2-1-3-5-13)19-7-6-14-9-16-17(22-12-21-16)10-15(14)11-19/h1-5,9-10H,6-8,11-12H2. The lowest BCUT2D eigenvalue weighted by atomic mass is 9.98. The fourth-order valence-electron chi connectivity index (χ4n) is 3.04. The van der Waals surface area contributed by atoms with Crippen LogP contribution in [0.3, 0.4) is 0 Å². The van der Waals surface area contributed by atoms with E-state index in [1.165, 1.54) is 5.56 Å². The first-order chi connectivity index (χ1) is 10.8. The lowest BCUT2D eigenvalue weighted by molar-refractivity contribution is -0.131. The van der Waals surface area contributed by atoms with Crippen LogP contribution in [0.25, 0.3) is 0 Å². The summed E-state index contributed by atoms with van der Waals surface area (Å²) in [5.74, 6) is 1.79. The topological polar surface area (TPSA) is 38.8 Å². The second-order valence-electron chi connectivity index (χ2n) is 5.70. The van der Waals surface area contributed by atoms with Crippen molar-refractivity contribution in [3.05, 3.63) is 59.2 Å². The highest BCUT2D eigenvalue weighted by atomic mass is 16.7. The van der Waals surface area contributed by atoms with Crippen molar-refractivity contribution in [3.63, 3.8) is 0 Å². The van der Waals surface area contributed by atoms with Gasteiger partial charge in [0.25, 0.3) is 0 Å². The highest BCUT2D eigenvalue weighted by Crippen LogP contribution is 2.36. The first kappa shape index (κ1) is 13.2. The number of benzene rings is 2. The van der Waals surface area contributed by atoms with Crippen LogP contribution in [0.5, 0.6) is 11.5 Å². The monoisotopic (exact) mass is 295 g/mol. The SMILES string of the molecule is O=C(Cc1ccccc1)N1CCc2cc3c(cc2C1)OCO3. The third kappa shape index (κ3) is 2.41. The van der Waals surface area contributed by atoms with Gasteiger partial charge in [-0.2, -0.15) is 0 Å². The molecule has 2 aromatic rings. The Hall–Kier alpha value is -2.49. The molecule has 2 aromatic carbocycles. The average Bonchev–Trinajstić information content (AvgIpc) is 3.00. The van der Waals surface area contributed by atoms with Crippen molar-refractivity contribution in [1.82, 2.24) is 4.90 Å². The average molecular weight is 295 g/mol. The van der Waals surface area contributed by atoms with Crippen LogP contribution in [-0.4, -0.2) is 24.1 Å². The molecular weight excluding hydrogens is 278 g/mol. The molecule has 0 radical (unpaired) electrons. The van der Waals surface area contributed by atoms with Crippen molar-refractivity contribution < 1.29 is 14.3 Å². The van der Waals surface area contributed by atoms with Gasteiger partial charge in [0.05, 0.1) is 6.42 Å². The summed E-state index contributed by atoms with van der Waals surface area (Å²) in [5.41, 5.74) is 3.48. The van der Waals surface area contributed by atoms with Gasteiger partial charge in [-0.1, -0.05) is 30.3 Å². The number of amides is 1. The molecule has 2 aliphatic heterocycles. The van der Waals surface area contributed by atoms with E-state index >= 15 is 0 Å². The number of carbonyl (C=O) groups excluding carboxylic acids is 1. The number of nitrogens with zero attached hydrogens (tertiary/aromatic N) is 1. The molecule has 2 heterocycles. The molecule has 0 bridgehead atoms. The third-order valence-corrected chi connectivity index (χ3v) is 4.26. The Labute approximate surface area is 129 Å². The fraction of sp³-hybridized carbons (Fsp3) is 0.278. The molecule has 0 spiro atoms. The van der Waals surface area contributed by atoms with Crippen molar-refractivity contribution in [2.45, 2.75) is 19.4 Å². The summed E-state index contributed by atoms with van der Waals surface area (Å²) in [6.07, 6.45) is 1.33. The van der Waals surface area contributed by atoms with E-state index in [1.807, 2.05) is 41.3 Å². The summed E-state index contributed by atoms with van der Waals surface area (Å²) in [5, 5.41) is 0. The maximum atomic E-state index is 12.5. The number of hydrogen-bond donors (Lipinski definition) is 0.